The van der Waals surface area contributed by atoms with Crippen LogP contribution in [0.5, 0.6) is 0 Å². The number of rotatable bonds is 1. The van der Waals surface area contributed by atoms with E-state index in [2.05, 4.69) is 22.9 Å². The van der Waals surface area contributed by atoms with Crippen molar-refractivity contribution in [1.82, 2.24) is 4.98 Å². The first kappa shape index (κ1) is 11.9. The van der Waals surface area contributed by atoms with E-state index in [0.717, 1.165) is 30.2 Å². The van der Waals surface area contributed by atoms with Crippen LogP contribution < -0.4 is 10.6 Å². The summed E-state index contributed by atoms with van der Waals surface area (Å²) in [4.78, 5) is 6.54. The number of nitrogens with zero attached hydrogens (tertiary/aromatic N) is 3. The molecule has 2 rings (SSSR count). The van der Waals surface area contributed by atoms with Gasteiger partial charge in [0.15, 0.2) is 0 Å². The molecule has 0 saturated carbocycles. The minimum atomic E-state index is 0.190. The zero-order valence-electron chi connectivity index (χ0n) is 10.6. The zero-order valence-corrected chi connectivity index (χ0v) is 10.6. The highest BCUT2D eigenvalue weighted by Crippen LogP contribution is 2.28. The molecule has 2 unspecified atom stereocenters. The Kier molecular flexibility index (Phi) is 3.03. The normalized spacial score (nSPS) is 23.8. The van der Waals surface area contributed by atoms with Crippen molar-refractivity contribution in [3.8, 4) is 6.07 Å². The summed E-state index contributed by atoms with van der Waals surface area (Å²) in [6.07, 6.45) is 0. The number of nitriles is 1. The van der Waals surface area contributed by atoms with E-state index in [1.165, 1.54) is 0 Å². The summed E-state index contributed by atoms with van der Waals surface area (Å²) < 4.78 is 0. The molecule has 1 aliphatic heterocycles. The van der Waals surface area contributed by atoms with Gasteiger partial charge in [0, 0.05) is 24.8 Å². The summed E-state index contributed by atoms with van der Waals surface area (Å²) >= 11 is 0. The molecule has 2 atom stereocenters. The summed E-state index contributed by atoms with van der Waals surface area (Å²) in [5.41, 5.74) is 9.44. The lowest BCUT2D eigenvalue weighted by Crippen LogP contribution is -2.28. The SMILES string of the molecule is Cc1cc(N2CC(C)C(N)C2)c(C#N)c(C)n1. The topological polar surface area (TPSA) is 65.9 Å². The van der Waals surface area contributed by atoms with Crippen molar-refractivity contribution in [3.05, 3.63) is 23.0 Å². The minimum Gasteiger partial charge on any atom is -0.368 e. The highest BCUT2D eigenvalue weighted by molar-refractivity contribution is 5.62. The lowest BCUT2D eigenvalue weighted by molar-refractivity contribution is 0.566. The Labute approximate surface area is 102 Å². The van der Waals surface area contributed by atoms with Crippen molar-refractivity contribution in [2.24, 2.45) is 11.7 Å². The minimum absolute atomic E-state index is 0.190. The first-order valence-corrected chi connectivity index (χ1v) is 5.91. The summed E-state index contributed by atoms with van der Waals surface area (Å²) in [7, 11) is 0. The van der Waals surface area contributed by atoms with Gasteiger partial charge in [-0.05, 0) is 25.8 Å². The Morgan fingerprint density at radius 3 is 2.71 bits per heavy atom. The standard InChI is InChI=1S/C13H18N4/c1-8-6-17(7-12(8)15)13-4-9(2)16-10(3)11(13)5-14/h4,8,12H,6-7,15H2,1-3H3. The van der Waals surface area contributed by atoms with Crippen molar-refractivity contribution < 1.29 is 0 Å². The van der Waals surface area contributed by atoms with Gasteiger partial charge in [0.25, 0.3) is 0 Å². The lowest BCUT2D eigenvalue weighted by atomic mass is 10.1. The van der Waals surface area contributed by atoms with Gasteiger partial charge in [-0.15, -0.1) is 0 Å². The van der Waals surface area contributed by atoms with E-state index in [0.29, 0.717) is 11.5 Å². The number of nitrogens with two attached hydrogens (primary N) is 1. The Bertz CT molecular complexity index is 465. The molecule has 1 aromatic rings. The van der Waals surface area contributed by atoms with Gasteiger partial charge in [0.2, 0.25) is 0 Å². The Balaban J connectivity index is 2.42. The van der Waals surface area contributed by atoms with Crippen LogP contribution in [0.1, 0.15) is 23.9 Å². The number of aromatic nitrogens is 1. The number of hydrogen-bond acceptors (Lipinski definition) is 4. The summed E-state index contributed by atoms with van der Waals surface area (Å²) in [6, 6.07) is 4.43. The predicted octanol–water partition coefficient (Wildman–Crippen LogP) is 1.35. The van der Waals surface area contributed by atoms with Crippen LogP contribution in [0.25, 0.3) is 0 Å². The van der Waals surface area contributed by atoms with Crippen LogP contribution in [-0.2, 0) is 0 Å². The maximum absolute atomic E-state index is 9.23. The molecular weight excluding hydrogens is 212 g/mol. The van der Waals surface area contributed by atoms with Gasteiger partial charge in [-0.3, -0.25) is 4.98 Å². The molecule has 0 aliphatic carbocycles. The van der Waals surface area contributed by atoms with Crippen LogP contribution in [0.4, 0.5) is 5.69 Å². The van der Waals surface area contributed by atoms with E-state index in [1.54, 1.807) is 0 Å². The predicted molar refractivity (Wildman–Crippen MR) is 67.8 cm³/mol. The third-order valence-electron chi connectivity index (χ3n) is 3.43. The molecule has 1 aromatic heterocycles. The maximum atomic E-state index is 9.23. The van der Waals surface area contributed by atoms with Crippen LogP contribution in [0, 0.1) is 31.1 Å². The van der Waals surface area contributed by atoms with Crippen LogP contribution in [0.15, 0.2) is 6.07 Å². The lowest BCUT2D eigenvalue weighted by Gasteiger charge is -2.20. The Hall–Kier alpha value is -1.60. The average molecular weight is 230 g/mol. The monoisotopic (exact) mass is 230 g/mol. The van der Waals surface area contributed by atoms with Crippen molar-refractivity contribution in [1.29, 1.82) is 5.26 Å². The average Bonchev–Trinajstić information content (AvgIpc) is 2.58. The molecule has 17 heavy (non-hydrogen) atoms. The van der Waals surface area contributed by atoms with Crippen molar-refractivity contribution in [3.63, 3.8) is 0 Å². The highest BCUT2D eigenvalue weighted by Gasteiger charge is 2.28. The number of anilines is 1. The fourth-order valence-corrected chi connectivity index (χ4v) is 2.38. The second-order valence-electron chi connectivity index (χ2n) is 4.90. The molecule has 0 spiro atoms. The smallest absolute Gasteiger partial charge is 0.103 e. The molecule has 90 valence electrons. The number of hydrogen-bond donors (Lipinski definition) is 1. The molecule has 4 nitrogen and oxygen atoms in total. The Morgan fingerprint density at radius 2 is 2.18 bits per heavy atom. The fourth-order valence-electron chi connectivity index (χ4n) is 2.38. The molecule has 0 aromatic carbocycles. The molecular formula is C13H18N4. The molecule has 4 heteroatoms. The molecule has 2 N–H and O–H groups in total. The van der Waals surface area contributed by atoms with Crippen LogP contribution in [0.2, 0.25) is 0 Å². The molecule has 1 aliphatic rings. The highest BCUT2D eigenvalue weighted by atomic mass is 15.2. The molecule has 0 radical (unpaired) electrons. The molecule has 1 fully saturated rings. The summed E-state index contributed by atoms with van der Waals surface area (Å²) in [5, 5.41) is 9.23. The van der Waals surface area contributed by atoms with Gasteiger partial charge in [0.05, 0.1) is 16.9 Å². The third kappa shape index (κ3) is 2.11. The van der Waals surface area contributed by atoms with Crippen molar-refractivity contribution in [2.45, 2.75) is 26.8 Å². The van der Waals surface area contributed by atoms with E-state index in [1.807, 2.05) is 19.9 Å². The van der Waals surface area contributed by atoms with Gasteiger partial charge >= 0.3 is 0 Å². The maximum Gasteiger partial charge on any atom is 0.103 e. The zero-order chi connectivity index (χ0) is 12.6. The van der Waals surface area contributed by atoms with Crippen molar-refractivity contribution in [2.75, 3.05) is 18.0 Å². The Morgan fingerprint density at radius 1 is 1.47 bits per heavy atom. The largest absolute Gasteiger partial charge is 0.368 e. The second-order valence-corrected chi connectivity index (χ2v) is 4.90. The van der Waals surface area contributed by atoms with Gasteiger partial charge in [-0.25, -0.2) is 0 Å². The van der Waals surface area contributed by atoms with E-state index < -0.39 is 0 Å². The number of pyridine rings is 1. The first-order valence-electron chi connectivity index (χ1n) is 5.91. The molecule has 1 saturated heterocycles. The molecule has 2 heterocycles. The van der Waals surface area contributed by atoms with Crippen LogP contribution in [-0.4, -0.2) is 24.1 Å². The van der Waals surface area contributed by atoms with E-state index >= 15 is 0 Å². The third-order valence-corrected chi connectivity index (χ3v) is 3.43. The van der Waals surface area contributed by atoms with Gasteiger partial charge in [-0.1, -0.05) is 6.92 Å². The fraction of sp³-hybridized carbons (Fsp3) is 0.538. The van der Waals surface area contributed by atoms with E-state index in [9.17, 15) is 5.26 Å². The molecule has 0 bridgehead atoms. The van der Waals surface area contributed by atoms with Gasteiger partial charge < -0.3 is 10.6 Å². The summed E-state index contributed by atoms with van der Waals surface area (Å²) in [5.74, 6) is 0.468. The first-order chi connectivity index (χ1) is 8.02. The molecule has 0 amide bonds. The van der Waals surface area contributed by atoms with Gasteiger partial charge in [-0.2, -0.15) is 5.26 Å². The quantitative estimate of drug-likeness (QED) is 0.791. The van der Waals surface area contributed by atoms with Gasteiger partial charge in [0.1, 0.15) is 6.07 Å². The van der Waals surface area contributed by atoms with Crippen molar-refractivity contribution >= 4 is 5.69 Å². The van der Waals surface area contributed by atoms with E-state index in [-0.39, 0.29) is 6.04 Å². The van der Waals surface area contributed by atoms with Crippen LogP contribution in [0.3, 0.4) is 0 Å². The number of aryl methyl sites for hydroxylation is 2. The second kappa shape index (κ2) is 4.34. The van der Waals surface area contributed by atoms with E-state index in [4.69, 9.17) is 5.73 Å². The summed E-state index contributed by atoms with van der Waals surface area (Å²) in [6.45, 7) is 7.72. The van der Waals surface area contributed by atoms with Crippen LogP contribution >= 0.6 is 0 Å².